The van der Waals surface area contributed by atoms with Crippen molar-refractivity contribution in [1.82, 2.24) is 0 Å². The highest BCUT2D eigenvalue weighted by molar-refractivity contribution is 5.89. The fourth-order valence-electron chi connectivity index (χ4n) is 1.70. The highest BCUT2D eigenvalue weighted by Gasteiger charge is 2.12. The Morgan fingerprint density at radius 1 is 1.18 bits per heavy atom. The number of carbonyl (C=O) groups is 1. The summed E-state index contributed by atoms with van der Waals surface area (Å²) in [4.78, 5) is 21.3. The van der Waals surface area contributed by atoms with Crippen LogP contribution in [0.4, 0.5) is 22.7 Å². The summed E-state index contributed by atoms with van der Waals surface area (Å²) in [5.41, 5.74) is 0.395. The van der Waals surface area contributed by atoms with Gasteiger partial charge in [0.25, 0.3) is 5.69 Å². The average Bonchev–Trinajstić information content (AvgIpc) is 2.47. The Balaban J connectivity index is 2.34. The third-order valence-electron chi connectivity index (χ3n) is 2.64. The van der Waals surface area contributed by atoms with E-state index in [0.717, 1.165) is 0 Å². The molecule has 0 saturated carbocycles. The van der Waals surface area contributed by atoms with Crippen LogP contribution in [0.2, 0.25) is 0 Å². The first-order valence-electron chi connectivity index (χ1n) is 6.23. The minimum atomic E-state index is -0.568. The number of anilines is 1. The summed E-state index contributed by atoms with van der Waals surface area (Å²) in [5, 5.41) is 30.7. The fourth-order valence-corrected chi connectivity index (χ4v) is 1.70. The van der Waals surface area contributed by atoms with Crippen LogP contribution in [0.15, 0.2) is 52.7 Å². The van der Waals surface area contributed by atoms with Gasteiger partial charge in [0.2, 0.25) is 5.91 Å². The maximum atomic E-state index is 11.0. The van der Waals surface area contributed by atoms with Gasteiger partial charge in [0.05, 0.1) is 4.92 Å². The number of phenols is 1. The van der Waals surface area contributed by atoms with Crippen molar-refractivity contribution < 1.29 is 14.8 Å². The molecule has 22 heavy (non-hydrogen) atoms. The fraction of sp³-hybridized carbons (Fsp3) is 0.0714. The molecule has 0 aromatic heterocycles. The van der Waals surface area contributed by atoms with Crippen molar-refractivity contribution in [1.29, 1.82) is 0 Å². The molecule has 112 valence electrons. The molecule has 0 bridgehead atoms. The SMILES string of the molecule is CC(=O)Nc1ccc(O)c(N=Nc2ccccc2[N+](=O)[O-])c1. The average molecular weight is 300 g/mol. The summed E-state index contributed by atoms with van der Waals surface area (Å²) in [5.74, 6) is -0.427. The number of nitro groups is 1. The number of phenolic OH excluding ortho intramolecular Hbond substituents is 1. The van der Waals surface area contributed by atoms with Crippen LogP contribution in [-0.2, 0) is 4.79 Å². The predicted molar refractivity (Wildman–Crippen MR) is 79.7 cm³/mol. The van der Waals surface area contributed by atoms with E-state index in [1.165, 1.54) is 43.3 Å². The number of carbonyl (C=O) groups excluding carboxylic acids is 1. The molecule has 0 aliphatic rings. The largest absolute Gasteiger partial charge is 0.506 e. The standard InChI is InChI=1S/C14H12N4O4/c1-9(19)15-10-6-7-14(20)12(8-10)17-16-11-4-2-3-5-13(11)18(21)22/h2-8,20H,1H3,(H,15,19). The van der Waals surface area contributed by atoms with Crippen LogP contribution in [0, 0.1) is 10.1 Å². The van der Waals surface area contributed by atoms with Crippen LogP contribution in [0.5, 0.6) is 5.75 Å². The van der Waals surface area contributed by atoms with Gasteiger partial charge in [-0.25, -0.2) is 0 Å². The lowest BCUT2D eigenvalue weighted by Gasteiger charge is -2.04. The normalized spacial score (nSPS) is 10.6. The van der Waals surface area contributed by atoms with E-state index < -0.39 is 4.92 Å². The molecule has 0 fully saturated rings. The topological polar surface area (TPSA) is 117 Å². The van der Waals surface area contributed by atoms with E-state index in [2.05, 4.69) is 15.5 Å². The van der Waals surface area contributed by atoms with Gasteiger partial charge >= 0.3 is 0 Å². The Labute approximate surface area is 125 Å². The maximum absolute atomic E-state index is 11.0. The Morgan fingerprint density at radius 2 is 1.86 bits per heavy atom. The van der Waals surface area contributed by atoms with Crippen molar-refractivity contribution in [2.45, 2.75) is 6.92 Å². The van der Waals surface area contributed by atoms with Gasteiger partial charge in [0.1, 0.15) is 11.4 Å². The van der Waals surface area contributed by atoms with Gasteiger partial charge in [-0.2, -0.15) is 0 Å². The van der Waals surface area contributed by atoms with Crippen LogP contribution in [0.1, 0.15) is 6.92 Å². The van der Waals surface area contributed by atoms with Crippen LogP contribution in [0.25, 0.3) is 0 Å². The molecule has 1 amide bonds. The molecule has 0 saturated heterocycles. The number of azo groups is 1. The number of amides is 1. The van der Waals surface area contributed by atoms with Gasteiger partial charge in [0.15, 0.2) is 5.69 Å². The number of nitrogens with one attached hydrogen (secondary N) is 1. The van der Waals surface area contributed by atoms with Gasteiger partial charge in [-0.1, -0.05) is 12.1 Å². The summed E-state index contributed by atoms with van der Waals surface area (Å²) in [6.45, 7) is 1.35. The number of nitrogens with zero attached hydrogens (tertiary/aromatic N) is 3. The molecule has 8 heteroatoms. The lowest BCUT2D eigenvalue weighted by molar-refractivity contribution is -0.384. The van der Waals surface area contributed by atoms with Crippen molar-refractivity contribution in [3.8, 4) is 5.75 Å². The summed E-state index contributed by atoms with van der Waals surface area (Å²) >= 11 is 0. The third kappa shape index (κ3) is 3.63. The Bertz CT molecular complexity index is 758. The summed E-state index contributed by atoms with van der Waals surface area (Å²) in [6, 6.07) is 10.1. The second-order valence-electron chi connectivity index (χ2n) is 4.33. The molecule has 8 nitrogen and oxygen atoms in total. The number of para-hydroxylation sites is 1. The Kier molecular flexibility index (Phi) is 4.42. The van der Waals surface area contributed by atoms with E-state index in [1.54, 1.807) is 6.07 Å². The van der Waals surface area contributed by atoms with Gasteiger partial charge in [-0.05, 0) is 24.3 Å². The second kappa shape index (κ2) is 6.44. The quantitative estimate of drug-likeness (QED) is 0.387. The van der Waals surface area contributed by atoms with E-state index >= 15 is 0 Å². The van der Waals surface area contributed by atoms with Crippen LogP contribution >= 0.6 is 0 Å². The number of rotatable bonds is 4. The molecule has 0 heterocycles. The van der Waals surface area contributed by atoms with Crippen molar-refractivity contribution in [3.63, 3.8) is 0 Å². The lowest BCUT2D eigenvalue weighted by Crippen LogP contribution is -2.05. The van der Waals surface area contributed by atoms with Crippen molar-refractivity contribution in [3.05, 3.63) is 52.6 Å². The first kappa shape index (κ1) is 15.1. The van der Waals surface area contributed by atoms with E-state index in [4.69, 9.17) is 0 Å². The van der Waals surface area contributed by atoms with Crippen molar-refractivity contribution >= 4 is 28.7 Å². The summed E-state index contributed by atoms with van der Waals surface area (Å²) < 4.78 is 0. The smallest absolute Gasteiger partial charge is 0.296 e. The molecular weight excluding hydrogens is 288 g/mol. The maximum Gasteiger partial charge on any atom is 0.296 e. The van der Waals surface area contributed by atoms with Gasteiger partial charge in [-0.15, -0.1) is 10.2 Å². The molecule has 0 aliphatic heterocycles. The number of benzene rings is 2. The molecule has 0 spiro atoms. The first-order chi connectivity index (χ1) is 10.5. The van der Waals surface area contributed by atoms with E-state index in [0.29, 0.717) is 5.69 Å². The summed E-state index contributed by atoms with van der Waals surface area (Å²) in [7, 11) is 0. The molecule has 2 aromatic rings. The van der Waals surface area contributed by atoms with E-state index in [9.17, 15) is 20.0 Å². The van der Waals surface area contributed by atoms with E-state index in [-0.39, 0.29) is 28.7 Å². The Hall–Kier alpha value is -3.29. The minimum Gasteiger partial charge on any atom is -0.506 e. The van der Waals surface area contributed by atoms with Crippen LogP contribution in [-0.4, -0.2) is 15.9 Å². The second-order valence-corrected chi connectivity index (χ2v) is 4.33. The zero-order valence-electron chi connectivity index (χ0n) is 11.6. The molecule has 0 unspecified atom stereocenters. The number of hydrogen-bond donors (Lipinski definition) is 2. The summed E-state index contributed by atoms with van der Waals surface area (Å²) in [6.07, 6.45) is 0. The van der Waals surface area contributed by atoms with Crippen LogP contribution < -0.4 is 5.32 Å². The molecule has 0 atom stereocenters. The molecule has 2 aromatic carbocycles. The lowest BCUT2D eigenvalue weighted by atomic mass is 10.2. The third-order valence-corrected chi connectivity index (χ3v) is 2.64. The van der Waals surface area contributed by atoms with Crippen molar-refractivity contribution in [2.24, 2.45) is 10.2 Å². The first-order valence-corrected chi connectivity index (χ1v) is 6.23. The van der Waals surface area contributed by atoms with Gasteiger partial charge in [-0.3, -0.25) is 14.9 Å². The molecule has 2 N–H and O–H groups in total. The zero-order valence-corrected chi connectivity index (χ0v) is 11.6. The van der Waals surface area contributed by atoms with Gasteiger partial charge in [0, 0.05) is 18.7 Å². The van der Waals surface area contributed by atoms with Crippen LogP contribution in [0.3, 0.4) is 0 Å². The van der Waals surface area contributed by atoms with Gasteiger partial charge < -0.3 is 10.4 Å². The Morgan fingerprint density at radius 3 is 2.55 bits per heavy atom. The van der Waals surface area contributed by atoms with Crippen molar-refractivity contribution in [2.75, 3.05) is 5.32 Å². The number of hydrogen-bond acceptors (Lipinski definition) is 6. The van der Waals surface area contributed by atoms with E-state index in [1.807, 2.05) is 0 Å². The minimum absolute atomic E-state index is 0.0665. The number of nitro benzene ring substituents is 1. The highest BCUT2D eigenvalue weighted by atomic mass is 16.6. The number of aromatic hydroxyl groups is 1. The molecule has 0 radical (unpaired) electrons. The monoisotopic (exact) mass is 300 g/mol. The zero-order chi connectivity index (χ0) is 16.1. The highest BCUT2D eigenvalue weighted by Crippen LogP contribution is 2.33. The molecule has 2 rings (SSSR count). The molecule has 0 aliphatic carbocycles. The predicted octanol–water partition coefficient (Wildman–Crippen LogP) is 3.67. The molecular formula is C14H12N4O4.